The number of hydrogen-bond donors (Lipinski definition) is 1. The summed E-state index contributed by atoms with van der Waals surface area (Å²) in [5.74, 6) is 0.482. The van der Waals surface area contributed by atoms with E-state index in [-0.39, 0.29) is 23.8 Å². The summed E-state index contributed by atoms with van der Waals surface area (Å²) in [5.41, 5.74) is -0.281. The molecule has 2 aliphatic rings. The second kappa shape index (κ2) is 6.91. The van der Waals surface area contributed by atoms with Gasteiger partial charge in [0, 0.05) is 44.9 Å². The third-order valence-corrected chi connectivity index (χ3v) is 6.71. The highest BCUT2D eigenvalue weighted by Crippen LogP contribution is 2.21. The molecule has 2 heterocycles. The number of aliphatic hydroxyl groups excluding tert-OH is 1. The lowest BCUT2D eigenvalue weighted by Crippen LogP contribution is -2.57. The Labute approximate surface area is 128 Å². The van der Waals surface area contributed by atoms with E-state index in [1.54, 1.807) is 4.31 Å². The van der Waals surface area contributed by atoms with Gasteiger partial charge < -0.3 is 9.84 Å². The van der Waals surface area contributed by atoms with Crippen molar-refractivity contribution in [3.05, 3.63) is 0 Å². The normalized spacial score (nSPS) is 24.3. The number of piperazine rings is 1. The molecule has 0 aromatic rings. The van der Waals surface area contributed by atoms with Gasteiger partial charge in [0.05, 0.1) is 12.4 Å². The largest absolute Gasteiger partial charge is 0.394 e. The molecule has 2 rings (SSSR count). The summed E-state index contributed by atoms with van der Waals surface area (Å²) in [7, 11) is -3.17. The van der Waals surface area contributed by atoms with Crippen LogP contribution in [0.4, 0.5) is 0 Å². The Morgan fingerprint density at radius 2 is 1.71 bits per heavy atom. The number of nitrogens with zero attached hydrogens (tertiary/aromatic N) is 2. The maximum atomic E-state index is 12.5. The first-order chi connectivity index (χ1) is 9.85. The van der Waals surface area contributed by atoms with Gasteiger partial charge >= 0.3 is 0 Å². The van der Waals surface area contributed by atoms with Crippen molar-refractivity contribution in [1.82, 2.24) is 9.21 Å². The maximum absolute atomic E-state index is 12.5. The van der Waals surface area contributed by atoms with E-state index in [0.29, 0.717) is 39.4 Å². The van der Waals surface area contributed by atoms with E-state index in [2.05, 4.69) is 4.90 Å². The molecule has 0 spiro atoms. The number of ether oxygens (including phenoxy) is 1. The lowest BCUT2D eigenvalue weighted by molar-refractivity contribution is 0.0330. The molecule has 2 fully saturated rings. The average molecular weight is 320 g/mol. The zero-order chi connectivity index (χ0) is 15.5. The van der Waals surface area contributed by atoms with Crippen LogP contribution in [0.2, 0.25) is 0 Å². The van der Waals surface area contributed by atoms with Crippen LogP contribution in [0.3, 0.4) is 0 Å². The van der Waals surface area contributed by atoms with Crippen molar-refractivity contribution in [2.75, 3.05) is 51.8 Å². The van der Waals surface area contributed by atoms with Crippen molar-refractivity contribution >= 4 is 10.0 Å². The molecule has 0 aromatic heterocycles. The zero-order valence-corrected chi connectivity index (χ0v) is 13.9. The molecule has 0 radical (unpaired) electrons. The number of hydrogen-bond acceptors (Lipinski definition) is 5. The minimum absolute atomic E-state index is 0.0851. The zero-order valence-electron chi connectivity index (χ0n) is 13.1. The van der Waals surface area contributed by atoms with Crippen molar-refractivity contribution in [3.63, 3.8) is 0 Å². The number of sulfonamides is 1. The summed E-state index contributed by atoms with van der Waals surface area (Å²) in [5, 5.41) is 9.40. The van der Waals surface area contributed by atoms with Crippen LogP contribution in [-0.4, -0.2) is 80.0 Å². The molecule has 1 N–H and O–H groups in total. The smallest absolute Gasteiger partial charge is 0.214 e. The predicted octanol–water partition coefficient (Wildman–Crippen LogP) is 0.131. The fourth-order valence-corrected chi connectivity index (χ4v) is 4.85. The highest BCUT2D eigenvalue weighted by Gasteiger charge is 2.34. The molecule has 0 saturated carbocycles. The van der Waals surface area contributed by atoms with Crippen molar-refractivity contribution in [3.8, 4) is 0 Å². The van der Waals surface area contributed by atoms with Gasteiger partial charge in [-0.3, -0.25) is 4.90 Å². The Balaban J connectivity index is 1.88. The first-order valence-corrected chi connectivity index (χ1v) is 9.37. The molecule has 0 atom stereocenters. The van der Waals surface area contributed by atoms with Crippen LogP contribution in [-0.2, 0) is 14.8 Å². The van der Waals surface area contributed by atoms with E-state index in [0.717, 1.165) is 12.8 Å². The van der Waals surface area contributed by atoms with Gasteiger partial charge in [0.1, 0.15) is 0 Å². The lowest BCUT2D eigenvalue weighted by atomic mass is 10.0. The number of rotatable bonds is 5. The van der Waals surface area contributed by atoms with Gasteiger partial charge in [-0.05, 0) is 32.6 Å². The van der Waals surface area contributed by atoms with E-state index in [1.807, 2.05) is 13.8 Å². The highest BCUT2D eigenvalue weighted by molar-refractivity contribution is 7.89. The Kier molecular flexibility index (Phi) is 5.65. The molecule has 0 amide bonds. The molecule has 0 aromatic carbocycles. The van der Waals surface area contributed by atoms with Gasteiger partial charge in [-0.1, -0.05) is 0 Å². The summed E-state index contributed by atoms with van der Waals surface area (Å²) < 4.78 is 31.9. The van der Waals surface area contributed by atoms with E-state index in [1.165, 1.54) is 0 Å². The standard InChI is InChI=1S/C14H28N2O4S/c1-14(2,12-17)15-5-7-16(8-6-15)21(18,19)11-13-3-9-20-10-4-13/h13,17H,3-12H2,1-2H3. The Bertz CT molecular complexity index is 424. The summed E-state index contributed by atoms with van der Waals surface area (Å²) >= 11 is 0. The van der Waals surface area contributed by atoms with Crippen LogP contribution in [0.15, 0.2) is 0 Å². The molecule has 2 saturated heterocycles. The minimum Gasteiger partial charge on any atom is -0.394 e. The molecule has 0 aliphatic carbocycles. The van der Waals surface area contributed by atoms with Crippen LogP contribution < -0.4 is 0 Å². The van der Waals surface area contributed by atoms with Crippen molar-refractivity contribution in [2.45, 2.75) is 32.2 Å². The van der Waals surface area contributed by atoms with E-state index >= 15 is 0 Å². The van der Waals surface area contributed by atoms with Crippen LogP contribution in [0, 0.1) is 5.92 Å². The topological polar surface area (TPSA) is 70.1 Å². The quantitative estimate of drug-likeness (QED) is 0.780. The average Bonchev–Trinajstić information content (AvgIpc) is 2.48. The van der Waals surface area contributed by atoms with Gasteiger partial charge in [0.25, 0.3) is 0 Å². The second-order valence-corrected chi connectivity index (χ2v) is 8.70. The Hall–Kier alpha value is -0.210. The van der Waals surface area contributed by atoms with Gasteiger partial charge in [0.15, 0.2) is 0 Å². The second-order valence-electron chi connectivity index (χ2n) is 6.69. The Morgan fingerprint density at radius 3 is 2.24 bits per heavy atom. The van der Waals surface area contributed by atoms with Crippen LogP contribution >= 0.6 is 0 Å². The molecule has 6 nitrogen and oxygen atoms in total. The minimum atomic E-state index is -3.17. The Morgan fingerprint density at radius 1 is 1.14 bits per heavy atom. The molecule has 7 heteroatoms. The van der Waals surface area contributed by atoms with Crippen molar-refractivity contribution in [2.24, 2.45) is 5.92 Å². The molecule has 0 bridgehead atoms. The van der Waals surface area contributed by atoms with Crippen LogP contribution in [0.25, 0.3) is 0 Å². The fourth-order valence-electron chi connectivity index (χ4n) is 2.99. The van der Waals surface area contributed by atoms with Gasteiger partial charge in [0.2, 0.25) is 10.0 Å². The van der Waals surface area contributed by atoms with Crippen LogP contribution in [0.1, 0.15) is 26.7 Å². The first-order valence-electron chi connectivity index (χ1n) is 7.76. The SMILES string of the molecule is CC(C)(CO)N1CCN(S(=O)(=O)CC2CCOCC2)CC1. The van der Waals surface area contributed by atoms with Gasteiger partial charge in [-0.2, -0.15) is 4.31 Å². The number of aliphatic hydroxyl groups is 1. The van der Waals surface area contributed by atoms with Crippen LogP contribution in [0.5, 0.6) is 0 Å². The molecule has 21 heavy (non-hydrogen) atoms. The van der Waals surface area contributed by atoms with Crippen molar-refractivity contribution in [1.29, 1.82) is 0 Å². The van der Waals surface area contributed by atoms with E-state index in [4.69, 9.17) is 4.74 Å². The molecular formula is C14H28N2O4S. The van der Waals surface area contributed by atoms with Gasteiger partial charge in [-0.15, -0.1) is 0 Å². The third kappa shape index (κ3) is 4.39. The van der Waals surface area contributed by atoms with E-state index < -0.39 is 10.0 Å². The summed E-state index contributed by atoms with van der Waals surface area (Å²) in [4.78, 5) is 2.16. The first kappa shape index (κ1) is 17.1. The lowest BCUT2D eigenvalue weighted by Gasteiger charge is -2.43. The molecule has 0 unspecified atom stereocenters. The maximum Gasteiger partial charge on any atom is 0.214 e. The molecule has 124 valence electrons. The summed E-state index contributed by atoms with van der Waals surface area (Å²) in [6.45, 7) is 7.82. The monoisotopic (exact) mass is 320 g/mol. The van der Waals surface area contributed by atoms with Gasteiger partial charge in [-0.25, -0.2) is 8.42 Å². The predicted molar refractivity (Wildman–Crippen MR) is 81.6 cm³/mol. The third-order valence-electron chi connectivity index (χ3n) is 4.66. The highest BCUT2D eigenvalue weighted by atomic mass is 32.2. The summed E-state index contributed by atoms with van der Waals surface area (Å²) in [6, 6.07) is 0. The molecular weight excluding hydrogens is 292 g/mol. The van der Waals surface area contributed by atoms with E-state index in [9.17, 15) is 13.5 Å². The summed E-state index contributed by atoms with van der Waals surface area (Å²) in [6.07, 6.45) is 1.69. The fraction of sp³-hybridized carbons (Fsp3) is 1.00. The van der Waals surface area contributed by atoms with Crippen molar-refractivity contribution < 1.29 is 18.3 Å². The molecule has 2 aliphatic heterocycles.